The maximum atomic E-state index is 12.7. The number of tetrazole rings is 1. The van der Waals surface area contributed by atoms with Crippen LogP contribution in [0, 0.1) is 27.7 Å². The second kappa shape index (κ2) is 44.0. The second-order valence-electron chi connectivity index (χ2n) is 26.0. The lowest BCUT2D eigenvalue weighted by molar-refractivity contribution is 0.0952. The molecule has 0 bridgehead atoms. The van der Waals surface area contributed by atoms with Crippen LogP contribution in [0.15, 0.2) is 77.7 Å². The van der Waals surface area contributed by atoms with Crippen LogP contribution in [0.2, 0.25) is 0 Å². The van der Waals surface area contributed by atoms with E-state index in [9.17, 15) is 46.5 Å². The summed E-state index contributed by atoms with van der Waals surface area (Å²) >= 11 is 0. The quantitative estimate of drug-likeness (QED) is 0.00979. The van der Waals surface area contributed by atoms with Crippen molar-refractivity contribution in [2.24, 2.45) is 0 Å². The molecule has 38 heteroatoms. The molecule has 608 valence electrons. The lowest BCUT2D eigenvalue weighted by Crippen LogP contribution is -2.25. The maximum absolute atomic E-state index is 12.7. The zero-order chi connectivity index (χ0) is 82.3. The van der Waals surface area contributed by atoms with E-state index in [-0.39, 0.29) is 46.1 Å². The van der Waals surface area contributed by atoms with Gasteiger partial charge in [0.2, 0.25) is 23.8 Å². The number of benzene rings is 4. The van der Waals surface area contributed by atoms with E-state index >= 15 is 0 Å². The number of nitrogens with zero attached hydrogens (tertiary/aromatic N) is 11. The number of aromatic amines is 1. The fraction of sp³-hybridized carbons (Fsp3) is 0.432. The van der Waals surface area contributed by atoms with E-state index in [0.29, 0.717) is 131 Å². The normalized spacial score (nSPS) is 11.2. The third-order valence-corrected chi connectivity index (χ3v) is 19.9. The highest BCUT2D eigenvalue weighted by atomic mass is 32.2. The summed E-state index contributed by atoms with van der Waals surface area (Å²) in [7, 11) is -6.62. The van der Waals surface area contributed by atoms with E-state index < -0.39 is 25.3 Å². The van der Waals surface area contributed by atoms with Gasteiger partial charge in [-0.15, -0.1) is 10.2 Å². The van der Waals surface area contributed by atoms with Gasteiger partial charge in [0.1, 0.15) is 46.3 Å². The van der Waals surface area contributed by atoms with Gasteiger partial charge < -0.3 is 88.0 Å². The van der Waals surface area contributed by atoms with Crippen LogP contribution in [0.25, 0.3) is 0 Å². The Bertz CT molecular complexity index is 4790. The number of carbonyl (C=O) groups excluding carboxylic acids is 1. The molecule has 0 unspecified atom stereocenters. The zero-order valence-electron chi connectivity index (χ0n) is 65.5. The number of hydrogen-bond acceptors (Lipinski definition) is 28. The summed E-state index contributed by atoms with van der Waals surface area (Å²) in [5.41, 5.74) is 33.6. The fourth-order valence-corrected chi connectivity index (χ4v) is 13.3. The molecular weight excluding hydrogens is 1500 g/mol. The standard InChI is InChI=1S/C22H31N9O2.C18H27N4O4P.C17H25N4O4P.C17H24N4O4S/c1-4-5-10-24-20-17(14(2)26-22(23)27-20)13-16-12-15(8-9-18(16)33-3)21(32)25-11-6-7-19-28-30-31-29-19;1-4-5-8-20-17-15(12(2)21-18(19)22-17)10-14-9-13(11-27(23,24)25)6-7-16(14)26-3;2*1-4-5-8-19-16-14(11(2)20-17(18)21-16)10-12-9-13(26(22,23)24)6-7-15(12)25-3/h8-9,12H,4-7,10-11,13H2,1-3H3,(H,25,32)(H3,23,24,26,27)(H,28,29,30,31);6-7,9H,4-5,8,10-11H2,1-3H3,(H2,23,24,25)(H3,19,20,21,22);6-7,9H,4-5,8,10H2,1-3H3,(H2,22,23,24)(H3,18,19,20,21);6-7,9H,4-5,8,10H2,1-3H3,(H,22,23,24)(H3,18,19,20,21). The molecule has 0 saturated heterocycles. The van der Waals surface area contributed by atoms with Crippen molar-refractivity contribution in [3.8, 4) is 23.0 Å². The molecule has 9 rings (SSSR count). The molecule has 0 aliphatic heterocycles. The average Bonchev–Trinajstić information content (AvgIpc) is 1.40. The number of nitrogens with two attached hydrogens (primary N) is 4. The van der Waals surface area contributed by atoms with Gasteiger partial charge in [0, 0.05) is 121 Å². The lowest BCUT2D eigenvalue weighted by Gasteiger charge is -2.16. The van der Waals surface area contributed by atoms with Crippen molar-refractivity contribution in [3.63, 3.8) is 0 Å². The van der Waals surface area contributed by atoms with Crippen LogP contribution in [0.5, 0.6) is 23.0 Å². The van der Waals surface area contributed by atoms with Crippen LogP contribution >= 0.6 is 15.2 Å². The molecule has 0 spiro atoms. The van der Waals surface area contributed by atoms with Gasteiger partial charge in [-0.25, -0.2) is 19.9 Å². The predicted octanol–water partition coefficient (Wildman–Crippen LogP) is 9.32. The number of H-pyrrole nitrogens is 1. The molecule has 0 aliphatic carbocycles. The molecule has 5 heterocycles. The first-order valence-corrected chi connectivity index (χ1v) is 41.3. The van der Waals surface area contributed by atoms with E-state index in [1.807, 2.05) is 33.8 Å². The third kappa shape index (κ3) is 28.4. The summed E-state index contributed by atoms with van der Waals surface area (Å²) in [6.07, 6.45) is 10.9. The smallest absolute Gasteiger partial charge is 0.356 e. The van der Waals surface area contributed by atoms with Crippen molar-refractivity contribution in [1.82, 2.24) is 65.8 Å². The topological polar surface area (TPSA) is 545 Å². The Hall–Kier alpha value is -10.5. The van der Waals surface area contributed by atoms with Crippen molar-refractivity contribution < 1.29 is 65.4 Å². The van der Waals surface area contributed by atoms with Crippen LogP contribution in [-0.4, -0.2) is 160 Å². The van der Waals surface area contributed by atoms with Crippen LogP contribution in [0.3, 0.4) is 0 Å². The fourth-order valence-electron chi connectivity index (χ4n) is 11.5. The number of amides is 1. The number of nitrogen functional groups attached to an aromatic ring is 4. The molecule has 9 aromatic rings. The minimum absolute atomic E-state index is 0.0530. The number of aromatic nitrogens is 12. The van der Waals surface area contributed by atoms with Crippen molar-refractivity contribution >= 4 is 83.6 Å². The molecule has 4 aromatic carbocycles. The van der Waals surface area contributed by atoms with Gasteiger partial charge in [0.05, 0.1) is 44.8 Å². The Balaban J connectivity index is 0.000000234. The largest absolute Gasteiger partial charge is 0.496 e. The SMILES string of the molecule is CCCCNc1nc(N)nc(C)c1Cc1cc(C(=O)NCCCc2nn[nH]n2)ccc1OC.CCCCNc1nc(N)nc(C)c1Cc1cc(CP(=O)(O)O)ccc1OC.CCCCNc1nc(N)nc(C)c1Cc1cc(P(=O)(O)O)ccc1OC.CCCCNc1nc(N)nc(C)c1Cc1cc(S(=O)(=O)O)ccc1OC. The van der Waals surface area contributed by atoms with Crippen LogP contribution in [-0.2, 0) is 57.5 Å². The number of methoxy groups -OCH3 is 4. The third-order valence-electron chi connectivity index (χ3n) is 17.4. The lowest BCUT2D eigenvalue weighted by atomic mass is 10.0. The van der Waals surface area contributed by atoms with E-state index in [2.05, 4.69) is 115 Å². The first-order chi connectivity index (χ1) is 53.3. The van der Waals surface area contributed by atoms with E-state index in [1.54, 1.807) is 50.6 Å². The first-order valence-electron chi connectivity index (χ1n) is 36.5. The van der Waals surface area contributed by atoms with Gasteiger partial charge in [-0.2, -0.15) is 33.6 Å². The molecule has 1 amide bonds. The number of hydrogen-bond donors (Lipinski definition) is 15. The van der Waals surface area contributed by atoms with Gasteiger partial charge in [-0.05, 0) is 143 Å². The summed E-state index contributed by atoms with van der Waals surface area (Å²) in [4.78, 5) is 84.2. The molecule has 0 radical (unpaired) electrons. The molecule has 0 aliphatic rings. The van der Waals surface area contributed by atoms with Gasteiger partial charge in [-0.1, -0.05) is 70.7 Å². The Labute approximate surface area is 653 Å². The summed E-state index contributed by atoms with van der Waals surface area (Å²) in [5, 5.41) is 29.9. The van der Waals surface area contributed by atoms with Gasteiger partial charge in [0.25, 0.3) is 16.0 Å². The Kier molecular flexibility index (Phi) is 35.5. The highest BCUT2D eigenvalue weighted by Gasteiger charge is 2.24. The van der Waals surface area contributed by atoms with Gasteiger partial charge in [-0.3, -0.25) is 18.5 Å². The van der Waals surface area contributed by atoms with Crippen LogP contribution in [0.4, 0.5) is 47.1 Å². The van der Waals surface area contributed by atoms with Crippen molar-refractivity contribution in [3.05, 3.63) is 157 Å². The van der Waals surface area contributed by atoms with Crippen LogP contribution < -0.4 is 73.8 Å². The number of nitrogens with one attached hydrogen (secondary N) is 6. The van der Waals surface area contributed by atoms with Crippen LogP contribution in [0.1, 0.15) is 175 Å². The Morgan fingerprint density at radius 3 is 1.21 bits per heavy atom. The molecule has 112 heavy (non-hydrogen) atoms. The number of carbonyl (C=O) groups is 1. The van der Waals surface area contributed by atoms with E-state index in [4.69, 9.17) is 41.9 Å². The zero-order valence-corrected chi connectivity index (χ0v) is 68.1. The maximum Gasteiger partial charge on any atom is 0.356 e. The number of rotatable bonds is 37. The van der Waals surface area contributed by atoms with Crippen molar-refractivity contribution in [2.75, 3.05) is 105 Å². The number of aryl methyl sites for hydroxylation is 5. The molecule has 0 fully saturated rings. The molecule has 5 aromatic heterocycles. The average molecular weight is 1610 g/mol. The minimum Gasteiger partial charge on any atom is -0.496 e. The minimum atomic E-state index is -4.36. The summed E-state index contributed by atoms with van der Waals surface area (Å²) < 4.78 is 76.8. The van der Waals surface area contributed by atoms with E-state index in [1.165, 1.54) is 44.6 Å². The Morgan fingerprint density at radius 2 is 0.848 bits per heavy atom. The first kappa shape index (κ1) is 90.4. The molecule has 35 nitrogen and oxygen atoms in total. The molecule has 0 atom stereocenters. The highest BCUT2D eigenvalue weighted by molar-refractivity contribution is 7.85. The molecule has 19 N–H and O–H groups in total. The van der Waals surface area contributed by atoms with E-state index in [0.717, 1.165) is 122 Å². The summed E-state index contributed by atoms with van der Waals surface area (Å²) in [5.74, 6) is 6.28. The number of anilines is 8. The van der Waals surface area contributed by atoms with Gasteiger partial charge >= 0.3 is 15.2 Å². The van der Waals surface area contributed by atoms with Gasteiger partial charge in [0.15, 0.2) is 5.82 Å². The predicted molar refractivity (Wildman–Crippen MR) is 434 cm³/mol. The Morgan fingerprint density at radius 1 is 0.482 bits per heavy atom. The summed E-state index contributed by atoms with van der Waals surface area (Å²) in [6.45, 7) is 19.4. The van der Waals surface area contributed by atoms with Crippen molar-refractivity contribution in [2.45, 2.75) is 156 Å². The molecular formula is C74H107N21O14P2S. The highest BCUT2D eigenvalue weighted by Crippen LogP contribution is 2.41. The second-order valence-corrected chi connectivity index (χ2v) is 30.6. The molecule has 0 saturated carbocycles. The monoisotopic (exact) mass is 1610 g/mol. The number of unbranched alkanes of at least 4 members (excludes halogenated alkanes) is 4. The summed E-state index contributed by atoms with van der Waals surface area (Å²) in [6, 6.07) is 19.1. The van der Waals surface area contributed by atoms with Crippen molar-refractivity contribution in [1.29, 1.82) is 0 Å². The number of ether oxygens (including phenoxy) is 4.